The van der Waals surface area contributed by atoms with Crippen molar-refractivity contribution in [1.82, 2.24) is 4.57 Å². The van der Waals surface area contributed by atoms with Gasteiger partial charge in [0.1, 0.15) is 6.04 Å². The van der Waals surface area contributed by atoms with Crippen LogP contribution in [0.4, 0.5) is 0 Å². The number of aromatic nitrogens is 1. The molecule has 0 radical (unpaired) electrons. The molecule has 5 rings (SSSR count). The van der Waals surface area contributed by atoms with E-state index in [2.05, 4.69) is 28.1 Å². The van der Waals surface area contributed by atoms with Crippen molar-refractivity contribution >= 4 is 10.9 Å². The second kappa shape index (κ2) is 5.13. The zero-order chi connectivity index (χ0) is 14.5. The molecule has 1 aromatic carbocycles. The van der Waals surface area contributed by atoms with Crippen LogP contribution in [0.15, 0.2) is 18.2 Å². The number of benzene rings is 1. The normalized spacial score (nSPS) is 25.4. The number of nitrogens with zero attached hydrogens (tertiary/aromatic N) is 1. The highest BCUT2D eigenvalue weighted by Crippen LogP contribution is 2.40. The zero-order valence-corrected chi connectivity index (χ0v) is 13.5. The molecule has 2 aromatic rings. The SMILES string of the molecule is c1cc2c(cc1C1CCCCC1)c1c3n2CC[NH2+][C@H]3CCC1. The van der Waals surface area contributed by atoms with E-state index in [1.165, 1.54) is 70.0 Å². The summed E-state index contributed by atoms with van der Waals surface area (Å²) in [6, 6.07) is 8.21. The molecule has 2 N–H and O–H groups in total. The fraction of sp³-hybridized carbons (Fsp3) is 0.600. The molecule has 1 atom stereocenters. The molecule has 0 unspecified atom stereocenters. The molecule has 1 aliphatic heterocycles. The van der Waals surface area contributed by atoms with Crippen LogP contribution in [0.25, 0.3) is 10.9 Å². The fourth-order valence-corrected chi connectivity index (χ4v) is 5.35. The lowest BCUT2D eigenvalue weighted by molar-refractivity contribution is -0.704. The van der Waals surface area contributed by atoms with Gasteiger partial charge in [0.2, 0.25) is 0 Å². The summed E-state index contributed by atoms with van der Waals surface area (Å²) in [5.74, 6) is 0.827. The van der Waals surface area contributed by atoms with Gasteiger partial charge in [0.25, 0.3) is 0 Å². The summed E-state index contributed by atoms with van der Waals surface area (Å²) in [5.41, 5.74) is 6.51. The minimum absolute atomic E-state index is 0.739. The van der Waals surface area contributed by atoms with Crippen LogP contribution in [-0.4, -0.2) is 11.1 Å². The van der Waals surface area contributed by atoms with Crippen molar-refractivity contribution in [2.75, 3.05) is 6.54 Å². The quantitative estimate of drug-likeness (QED) is 0.829. The average molecular weight is 295 g/mol. The number of hydrogen-bond acceptors (Lipinski definition) is 0. The van der Waals surface area contributed by atoms with Gasteiger partial charge in [-0.15, -0.1) is 0 Å². The van der Waals surface area contributed by atoms with E-state index in [0.29, 0.717) is 0 Å². The van der Waals surface area contributed by atoms with E-state index in [-0.39, 0.29) is 0 Å². The molecule has 2 nitrogen and oxygen atoms in total. The summed E-state index contributed by atoms with van der Waals surface area (Å²) in [6.07, 6.45) is 11.2. The standard InChI is InChI=1S/C20H26N2/c1-2-5-14(6-3-1)15-9-10-19-17(13-15)16-7-4-8-18-20(16)22(19)12-11-21-18/h9-10,13-14,18,21H,1-8,11-12H2/p+1/t18-/m0/s1. The molecular weight excluding hydrogens is 268 g/mol. The smallest absolute Gasteiger partial charge is 0.127 e. The molecule has 0 amide bonds. The zero-order valence-electron chi connectivity index (χ0n) is 13.5. The first-order valence-electron chi connectivity index (χ1n) is 9.40. The van der Waals surface area contributed by atoms with Gasteiger partial charge in [-0.25, -0.2) is 0 Å². The number of fused-ring (bicyclic) bond motifs is 3. The Kier molecular flexibility index (Phi) is 3.07. The summed E-state index contributed by atoms with van der Waals surface area (Å²) in [6.45, 7) is 2.45. The Hall–Kier alpha value is -1.28. The first-order chi connectivity index (χ1) is 10.9. The Morgan fingerprint density at radius 2 is 1.91 bits per heavy atom. The molecule has 0 bridgehead atoms. The second-order valence-electron chi connectivity index (χ2n) is 7.65. The minimum atomic E-state index is 0.739. The third-order valence-electron chi connectivity index (χ3n) is 6.41. The summed E-state index contributed by atoms with van der Waals surface area (Å²) in [5, 5.41) is 4.18. The highest BCUT2D eigenvalue weighted by molar-refractivity contribution is 5.87. The third-order valence-corrected chi connectivity index (χ3v) is 6.41. The molecule has 0 spiro atoms. The van der Waals surface area contributed by atoms with Crippen LogP contribution in [0.5, 0.6) is 0 Å². The molecule has 1 saturated carbocycles. The van der Waals surface area contributed by atoms with Crippen molar-refractivity contribution in [3.8, 4) is 0 Å². The van der Waals surface area contributed by atoms with E-state index in [1.807, 2.05) is 0 Å². The van der Waals surface area contributed by atoms with Crippen LogP contribution < -0.4 is 5.32 Å². The molecule has 2 aliphatic carbocycles. The Labute approximate surface area is 132 Å². The number of hydrogen-bond donors (Lipinski definition) is 1. The van der Waals surface area contributed by atoms with Crippen LogP contribution >= 0.6 is 0 Å². The molecule has 1 aromatic heterocycles. The van der Waals surface area contributed by atoms with E-state index >= 15 is 0 Å². The van der Waals surface area contributed by atoms with Crippen molar-refractivity contribution < 1.29 is 5.32 Å². The van der Waals surface area contributed by atoms with Crippen molar-refractivity contribution in [1.29, 1.82) is 0 Å². The summed E-state index contributed by atoms with van der Waals surface area (Å²) in [4.78, 5) is 0. The van der Waals surface area contributed by atoms with Crippen LogP contribution in [0, 0.1) is 0 Å². The molecule has 22 heavy (non-hydrogen) atoms. The van der Waals surface area contributed by atoms with Crippen LogP contribution in [0.2, 0.25) is 0 Å². The Morgan fingerprint density at radius 3 is 2.82 bits per heavy atom. The van der Waals surface area contributed by atoms with Gasteiger partial charge < -0.3 is 9.88 Å². The molecule has 2 heterocycles. The van der Waals surface area contributed by atoms with E-state index in [1.54, 1.807) is 22.2 Å². The van der Waals surface area contributed by atoms with E-state index < -0.39 is 0 Å². The molecule has 2 heteroatoms. The lowest BCUT2D eigenvalue weighted by atomic mass is 9.83. The van der Waals surface area contributed by atoms with Gasteiger partial charge in [0.15, 0.2) is 0 Å². The summed E-state index contributed by atoms with van der Waals surface area (Å²) < 4.78 is 2.65. The second-order valence-corrected chi connectivity index (χ2v) is 7.65. The maximum Gasteiger partial charge on any atom is 0.127 e. The highest BCUT2D eigenvalue weighted by Gasteiger charge is 2.32. The fourth-order valence-electron chi connectivity index (χ4n) is 5.35. The Morgan fingerprint density at radius 1 is 1.00 bits per heavy atom. The molecule has 3 aliphatic rings. The lowest BCUT2D eigenvalue weighted by Crippen LogP contribution is -2.88. The van der Waals surface area contributed by atoms with Gasteiger partial charge in [-0.05, 0) is 54.9 Å². The number of aryl methyl sites for hydroxylation is 1. The number of quaternary nitrogens is 1. The Balaban J connectivity index is 1.66. The minimum Gasteiger partial charge on any atom is -0.337 e. The predicted octanol–water partition coefficient (Wildman–Crippen LogP) is 3.64. The van der Waals surface area contributed by atoms with Crippen molar-refractivity contribution in [2.24, 2.45) is 0 Å². The summed E-state index contributed by atoms with van der Waals surface area (Å²) in [7, 11) is 0. The topological polar surface area (TPSA) is 21.5 Å². The molecule has 1 fully saturated rings. The van der Waals surface area contributed by atoms with Crippen LogP contribution in [0.3, 0.4) is 0 Å². The first-order valence-corrected chi connectivity index (χ1v) is 9.40. The van der Waals surface area contributed by atoms with Crippen molar-refractivity contribution in [3.63, 3.8) is 0 Å². The van der Waals surface area contributed by atoms with Gasteiger partial charge in [0.05, 0.1) is 18.8 Å². The first kappa shape index (κ1) is 13.2. The predicted molar refractivity (Wildman–Crippen MR) is 90.2 cm³/mol. The van der Waals surface area contributed by atoms with Crippen molar-refractivity contribution in [2.45, 2.75) is 69.9 Å². The average Bonchev–Trinajstić information content (AvgIpc) is 2.92. The van der Waals surface area contributed by atoms with E-state index in [9.17, 15) is 0 Å². The van der Waals surface area contributed by atoms with E-state index in [0.717, 1.165) is 12.0 Å². The van der Waals surface area contributed by atoms with Crippen molar-refractivity contribution in [3.05, 3.63) is 35.0 Å². The Bertz CT molecular complexity index is 704. The largest absolute Gasteiger partial charge is 0.337 e. The van der Waals surface area contributed by atoms with Crippen LogP contribution in [-0.2, 0) is 13.0 Å². The number of nitrogens with two attached hydrogens (primary N) is 1. The number of rotatable bonds is 1. The third kappa shape index (κ3) is 1.89. The maximum atomic E-state index is 2.65. The highest BCUT2D eigenvalue weighted by atomic mass is 15.1. The van der Waals surface area contributed by atoms with Gasteiger partial charge >= 0.3 is 0 Å². The summed E-state index contributed by atoms with van der Waals surface area (Å²) >= 11 is 0. The van der Waals surface area contributed by atoms with Gasteiger partial charge in [0, 0.05) is 17.3 Å². The van der Waals surface area contributed by atoms with E-state index in [4.69, 9.17) is 0 Å². The molecular formula is C20H27N2+. The van der Waals surface area contributed by atoms with Gasteiger partial charge in [-0.3, -0.25) is 0 Å². The van der Waals surface area contributed by atoms with Gasteiger partial charge in [-0.2, -0.15) is 0 Å². The molecule has 0 saturated heterocycles. The van der Waals surface area contributed by atoms with Gasteiger partial charge in [-0.1, -0.05) is 25.3 Å². The van der Waals surface area contributed by atoms with Crippen LogP contribution in [0.1, 0.15) is 73.7 Å². The molecule has 116 valence electrons. The maximum absolute atomic E-state index is 2.65. The monoisotopic (exact) mass is 295 g/mol. The lowest BCUT2D eigenvalue weighted by Gasteiger charge is -2.27.